The van der Waals surface area contributed by atoms with Gasteiger partial charge in [-0.15, -0.1) is 0 Å². The van der Waals surface area contributed by atoms with Crippen molar-refractivity contribution < 1.29 is 14.6 Å². The summed E-state index contributed by atoms with van der Waals surface area (Å²) in [5.41, 5.74) is 6.80. The normalized spacial score (nSPS) is 13.1. The highest BCUT2D eigenvalue weighted by Crippen LogP contribution is 2.36. The van der Waals surface area contributed by atoms with Crippen molar-refractivity contribution in [3.05, 3.63) is 58.5 Å². The third-order valence-corrected chi connectivity index (χ3v) is 6.18. The molecule has 4 heteroatoms. The van der Waals surface area contributed by atoms with Crippen LogP contribution < -0.4 is 0 Å². The SMILES string of the molecule is CC(C)(C)c1cc(C(C)(C)C)c2oc(CCO)nc2c1.CC(C)(C)c1cc(O)cc(C(C)(C)C)c1. The van der Waals surface area contributed by atoms with Gasteiger partial charge in [-0.2, -0.15) is 0 Å². The number of phenolic OH excluding ortho intramolecular Hbond substituents is 1. The summed E-state index contributed by atoms with van der Waals surface area (Å²) in [5, 5.41) is 18.8. The Bertz CT molecular complexity index is 1110. The van der Waals surface area contributed by atoms with Crippen LogP contribution in [0.1, 0.15) is 111 Å². The van der Waals surface area contributed by atoms with Crippen molar-refractivity contribution in [2.45, 2.75) is 111 Å². The van der Waals surface area contributed by atoms with Crippen molar-refractivity contribution in [1.29, 1.82) is 0 Å². The lowest BCUT2D eigenvalue weighted by molar-refractivity contribution is 0.286. The predicted molar refractivity (Wildman–Crippen MR) is 148 cm³/mol. The number of rotatable bonds is 2. The molecule has 0 radical (unpaired) electrons. The van der Waals surface area contributed by atoms with Gasteiger partial charge in [0.15, 0.2) is 11.5 Å². The highest BCUT2D eigenvalue weighted by Gasteiger charge is 2.25. The zero-order valence-corrected chi connectivity index (χ0v) is 24.1. The molecule has 0 unspecified atom stereocenters. The van der Waals surface area contributed by atoms with Gasteiger partial charge in [0.25, 0.3) is 0 Å². The maximum absolute atomic E-state index is 9.72. The number of nitrogens with zero attached hydrogens (tertiary/aromatic N) is 1. The number of aliphatic hydroxyl groups is 1. The summed E-state index contributed by atoms with van der Waals surface area (Å²) >= 11 is 0. The molecule has 3 aromatic rings. The van der Waals surface area contributed by atoms with Crippen LogP contribution in [0.25, 0.3) is 11.1 Å². The molecule has 2 N–H and O–H groups in total. The number of phenols is 1. The number of hydrogen-bond acceptors (Lipinski definition) is 4. The summed E-state index contributed by atoms with van der Waals surface area (Å²) in [5.74, 6) is 0.978. The smallest absolute Gasteiger partial charge is 0.197 e. The molecule has 0 saturated heterocycles. The van der Waals surface area contributed by atoms with Crippen LogP contribution >= 0.6 is 0 Å². The topological polar surface area (TPSA) is 66.5 Å². The van der Waals surface area contributed by atoms with E-state index in [-0.39, 0.29) is 28.3 Å². The molecule has 4 nitrogen and oxygen atoms in total. The summed E-state index contributed by atoms with van der Waals surface area (Å²) in [6, 6.07) is 10.2. The number of hydrogen-bond donors (Lipinski definition) is 2. The third-order valence-electron chi connectivity index (χ3n) is 6.18. The zero-order valence-electron chi connectivity index (χ0n) is 24.1. The van der Waals surface area contributed by atoms with Gasteiger partial charge in [0, 0.05) is 12.0 Å². The maximum Gasteiger partial charge on any atom is 0.197 e. The molecule has 2 aromatic carbocycles. The average molecular weight is 482 g/mol. The number of oxazole rings is 1. The molecule has 0 bridgehead atoms. The lowest BCUT2D eigenvalue weighted by atomic mass is 9.80. The van der Waals surface area contributed by atoms with Crippen molar-refractivity contribution in [1.82, 2.24) is 4.98 Å². The molecular formula is C31H47NO3. The summed E-state index contributed by atoms with van der Waals surface area (Å²) in [6.07, 6.45) is 0.461. The van der Waals surface area contributed by atoms with Crippen LogP contribution in [0.5, 0.6) is 5.75 Å². The minimum absolute atomic E-state index is 0.00444. The van der Waals surface area contributed by atoms with Gasteiger partial charge in [0.1, 0.15) is 11.3 Å². The zero-order chi connectivity index (χ0) is 27.0. The molecular weight excluding hydrogens is 434 g/mol. The van der Waals surface area contributed by atoms with E-state index in [1.54, 1.807) is 0 Å². The summed E-state index contributed by atoms with van der Waals surface area (Å²) in [4.78, 5) is 4.52. The van der Waals surface area contributed by atoms with Crippen LogP contribution in [0.4, 0.5) is 0 Å². The first-order valence-corrected chi connectivity index (χ1v) is 12.6. The fourth-order valence-electron chi connectivity index (χ4n) is 3.75. The van der Waals surface area contributed by atoms with Crippen molar-refractivity contribution in [3.8, 4) is 5.75 Å². The average Bonchev–Trinajstić information content (AvgIpc) is 3.07. The number of aromatic nitrogens is 1. The Hall–Kier alpha value is -2.33. The Balaban J connectivity index is 0.000000258. The Kier molecular flexibility index (Phi) is 8.23. The lowest BCUT2D eigenvalue weighted by Crippen LogP contribution is -2.16. The molecule has 0 fully saturated rings. The number of fused-ring (bicyclic) bond motifs is 1. The van der Waals surface area contributed by atoms with Gasteiger partial charge < -0.3 is 14.6 Å². The van der Waals surface area contributed by atoms with Gasteiger partial charge in [-0.1, -0.05) is 95.2 Å². The number of aliphatic hydroxyl groups excluding tert-OH is 1. The quantitative estimate of drug-likeness (QED) is 0.390. The van der Waals surface area contributed by atoms with E-state index in [2.05, 4.69) is 106 Å². The molecule has 0 spiro atoms. The Morgan fingerprint density at radius 3 is 1.51 bits per heavy atom. The van der Waals surface area contributed by atoms with Gasteiger partial charge in [0.05, 0.1) is 6.61 Å². The molecule has 1 heterocycles. The first-order chi connectivity index (χ1) is 15.7. The second kappa shape index (κ2) is 9.97. The van der Waals surface area contributed by atoms with Crippen molar-refractivity contribution >= 4 is 11.1 Å². The van der Waals surface area contributed by atoms with E-state index in [9.17, 15) is 5.11 Å². The van der Waals surface area contributed by atoms with Crippen LogP contribution in [-0.4, -0.2) is 21.8 Å². The lowest BCUT2D eigenvalue weighted by Gasteiger charge is -2.25. The first-order valence-electron chi connectivity index (χ1n) is 12.6. The minimum atomic E-state index is -0.00444. The Morgan fingerprint density at radius 1 is 0.657 bits per heavy atom. The van der Waals surface area contributed by atoms with Crippen molar-refractivity contribution in [3.63, 3.8) is 0 Å². The van der Waals surface area contributed by atoms with E-state index in [1.165, 1.54) is 22.3 Å². The summed E-state index contributed by atoms with van der Waals surface area (Å²) in [6.45, 7) is 26.2. The van der Waals surface area contributed by atoms with Crippen LogP contribution in [0, 0.1) is 0 Å². The Morgan fingerprint density at radius 2 is 1.11 bits per heavy atom. The van der Waals surface area contributed by atoms with Crippen molar-refractivity contribution in [2.75, 3.05) is 6.61 Å². The molecule has 0 saturated carbocycles. The van der Waals surface area contributed by atoms with Gasteiger partial charge in [-0.05, 0) is 56.5 Å². The van der Waals surface area contributed by atoms with Gasteiger partial charge in [0.2, 0.25) is 0 Å². The molecule has 0 aliphatic heterocycles. The van der Waals surface area contributed by atoms with Crippen LogP contribution in [0.15, 0.2) is 34.7 Å². The standard InChI is InChI=1S/C17H25NO2.C14H22O/c1-16(2,3)11-9-12(17(4,5)6)15-13(10-11)18-14(20-15)7-8-19;1-13(2,3)10-7-11(14(4,5)6)9-12(15)8-10/h9-10,19H,7-8H2,1-6H3;7-9,15H,1-6H3. The second-order valence-electron chi connectivity index (χ2n) is 13.7. The molecule has 0 amide bonds. The van der Waals surface area contributed by atoms with E-state index in [4.69, 9.17) is 9.52 Å². The fraction of sp³-hybridized carbons (Fsp3) is 0.581. The highest BCUT2D eigenvalue weighted by atomic mass is 16.4. The maximum atomic E-state index is 9.72. The largest absolute Gasteiger partial charge is 0.508 e. The molecule has 35 heavy (non-hydrogen) atoms. The minimum Gasteiger partial charge on any atom is -0.508 e. The second-order valence-corrected chi connectivity index (χ2v) is 13.7. The molecule has 1 aromatic heterocycles. The van der Waals surface area contributed by atoms with Crippen molar-refractivity contribution in [2.24, 2.45) is 0 Å². The summed E-state index contributed by atoms with van der Waals surface area (Å²) < 4.78 is 5.86. The molecule has 0 atom stereocenters. The highest BCUT2D eigenvalue weighted by molar-refractivity contribution is 5.79. The molecule has 194 valence electrons. The molecule has 0 aliphatic rings. The van der Waals surface area contributed by atoms with E-state index >= 15 is 0 Å². The first kappa shape index (κ1) is 28.9. The Labute approximate surface area is 212 Å². The van der Waals surface area contributed by atoms with Crippen LogP contribution in [0.3, 0.4) is 0 Å². The number of benzene rings is 2. The monoisotopic (exact) mass is 481 g/mol. The third kappa shape index (κ3) is 7.57. The predicted octanol–water partition coefficient (Wildman–Crippen LogP) is 7.94. The van der Waals surface area contributed by atoms with E-state index in [1.807, 2.05) is 12.1 Å². The molecule has 3 rings (SSSR count). The summed E-state index contributed by atoms with van der Waals surface area (Å²) in [7, 11) is 0. The van der Waals surface area contributed by atoms with Crippen LogP contribution in [0.2, 0.25) is 0 Å². The van der Waals surface area contributed by atoms with E-state index in [0.717, 1.165) is 11.1 Å². The number of aromatic hydroxyl groups is 1. The van der Waals surface area contributed by atoms with Gasteiger partial charge in [-0.25, -0.2) is 4.98 Å². The van der Waals surface area contributed by atoms with Crippen LogP contribution in [-0.2, 0) is 28.1 Å². The van der Waals surface area contributed by atoms with Gasteiger partial charge >= 0.3 is 0 Å². The van der Waals surface area contributed by atoms with E-state index < -0.39 is 0 Å². The molecule has 0 aliphatic carbocycles. The van der Waals surface area contributed by atoms with Gasteiger partial charge in [-0.3, -0.25) is 0 Å². The van der Waals surface area contributed by atoms with E-state index in [0.29, 0.717) is 18.1 Å². The fourth-order valence-corrected chi connectivity index (χ4v) is 3.75.